The SMILES string of the molecule is CN=C(NCCc1c[nH]c2ccccc12)NCC(c1cccc(C)c1)N1CCOCC1.I. The van der Waals surface area contributed by atoms with Crippen molar-refractivity contribution in [2.45, 2.75) is 19.4 Å². The van der Waals surface area contributed by atoms with Crippen LogP contribution in [0.15, 0.2) is 59.7 Å². The number of aromatic amines is 1. The second-order valence-electron chi connectivity index (χ2n) is 8.07. The summed E-state index contributed by atoms with van der Waals surface area (Å²) in [7, 11) is 1.83. The fraction of sp³-hybridized carbons (Fsp3) is 0.400. The lowest BCUT2D eigenvalue weighted by atomic mass is 10.0. The Balaban J connectivity index is 0.00000289. The minimum absolute atomic E-state index is 0. The molecule has 2 aromatic carbocycles. The molecule has 2 heterocycles. The molecule has 1 aliphatic heterocycles. The summed E-state index contributed by atoms with van der Waals surface area (Å²) >= 11 is 0. The average molecular weight is 547 g/mol. The van der Waals surface area contributed by atoms with Crippen LogP contribution in [0, 0.1) is 6.92 Å². The van der Waals surface area contributed by atoms with Crippen LogP contribution in [-0.2, 0) is 11.2 Å². The van der Waals surface area contributed by atoms with Gasteiger partial charge in [-0.3, -0.25) is 9.89 Å². The van der Waals surface area contributed by atoms with E-state index in [2.05, 4.69) is 87.2 Å². The number of H-pyrrole nitrogens is 1. The largest absolute Gasteiger partial charge is 0.379 e. The van der Waals surface area contributed by atoms with Crippen LogP contribution >= 0.6 is 24.0 Å². The molecule has 0 aliphatic carbocycles. The fourth-order valence-corrected chi connectivity index (χ4v) is 4.29. The Kier molecular flexibility index (Phi) is 9.37. The number of para-hydroxylation sites is 1. The van der Waals surface area contributed by atoms with E-state index < -0.39 is 0 Å². The summed E-state index contributed by atoms with van der Waals surface area (Å²) in [5, 5.41) is 8.32. The van der Waals surface area contributed by atoms with Gasteiger partial charge in [0.15, 0.2) is 5.96 Å². The Morgan fingerprint density at radius 3 is 2.72 bits per heavy atom. The number of hydrogen-bond acceptors (Lipinski definition) is 3. The Labute approximate surface area is 207 Å². The third-order valence-electron chi connectivity index (χ3n) is 5.96. The van der Waals surface area contributed by atoms with Crippen LogP contribution < -0.4 is 10.6 Å². The van der Waals surface area contributed by atoms with Gasteiger partial charge in [-0.15, -0.1) is 24.0 Å². The molecule has 3 aromatic rings. The molecule has 4 rings (SSSR count). The second kappa shape index (κ2) is 12.2. The van der Waals surface area contributed by atoms with Crippen molar-refractivity contribution >= 4 is 40.8 Å². The summed E-state index contributed by atoms with van der Waals surface area (Å²) in [4.78, 5) is 10.3. The van der Waals surface area contributed by atoms with E-state index in [0.29, 0.717) is 0 Å². The molecule has 32 heavy (non-hydrogen) atoms. The number of aromatic nitrogens is 1. The summed E-state index contributed by atoms with van der Waals surface area (Å²) < 4.78 is 5.57. The Hall–Kier alpha value is -2.10. The molecule has 1 unspecified atom stereocenters. The van der Waals surface area contributed by atoms with Gasteiger partial charge in [0.2, 0.25) is 0 Å². The van der Waals surface area contributed by atoms with Crippen molar-refractivity contribution in [2.24, 2.45) is 4.99 Å². The molecule has 6 nitrogen and oxygen atoms in total. The standard InChI is InChI=1S/C25H33N5O.HI/c1-19-6-5-7-20(16-19)24(30-12-14-31-15-13-30)18-29-25(26-2)27-11-10-21-17-28-23-9-4-3-8-22(21)23;/h3-9,16-17,24,28H,10-15,18H2,1-2H3,(H2,26,27,29);1H. The van der Waals surface area contributed by atoms with E-state index in [0.717, 1.165) is 51.8 Å². The molecular weight excluding hydrogens is 513 g/mol. The molecule has 172 valence electrons. The molecule has 1 atom stereocenters. The number of nitrogens with one attached hydrogen (secondary N) is 3. The fourth-order valence-electron chi connectivity index (χ4n) is 4.29. The lowest BCUT2D eigenvalue weighted by Gasteiger charge is -2.35. The van der Waals surface area contributed by atoms with Crippen molar-refractivity contribution in [3.63, 3.8) is 0 Å². The van der Waals surface area contributed by atoms with Crippen LogP contribution in [0.4, 0.5) is 0 Å². The van der Waals surface area contributed by atoms with E-state index >= 15 is 0 Å². The van der Waals surface area contributed by atoms with Crippen LogP contribution in [0.1, 0.15) is 22.7 Å². The summed E-state index contributed by atoms with van der Waals surface area (Å²) in [5.74, 6) is 0.839. The maximum atomic E-state index is 5.57. The van der Waals surface area contributed by atoms with Crippen LogP contribution in [0.25, 0.3) is 10.9 Å². The predicted molar refractivity (Wildman–Crippen MR) is 143 cm³/mol. The minimum atomic E-state index is 0. The molecule has 7 heteroatoms. The summed E-state index contributed by atoms with van der Waals surface area (Å²) in [5.41, 5.74) is 5.14. The van der Waals surface area contributed by atoms with Gasteiger partial charge in [-0.05, 0) is 30.5 Å². The Morgan fingerprint density at radius 1 is 1.12 bits per heavy atom. The molecule has 3 N–H and O–H groups in total. The van der Waals surface area contributed by atoms with Crippen LogP contribution in [-0.4, -0.2) is 62.3 Å². The van der Waals surface area contributed by atoms with Gasteiger partial charge in [-0.2, -0.15) is 0 Å². The number of aliphatic imine (C=N–C) groups is 1. The molecule has 1 fully saturated rings. The zero-order valence-corrected chi connectivity index (χ0v) is 21.3. The molecule has 1 aromatic heterocycles. The third kappa shape index (κ3) is 6.24. The molecule has 1 saturated heterocycles. The number of morpholine rings is 1. The van der Waals surface area contributed by atoms with Crippen molar-refractivity contribution < 1.29 is 4.74 Å². The van der Waals surface area contributed by atoms with Crippen molar-refractivity contribution in [3.8, 4) is 0 Å². The topological polar surface area (TPSA) is 64.7 Å². The Morgan fingerprint density at radius 2 is 1.94 bits per heavy atom. The van der Waals surface area contributed by atoms with E-state index in [4.69, 9.17) is 4.74 Å². The van der Waals surface area contributed by atoms with E-state index in [9.17, 15) is 0 Å². The molecular formula is C25H34IN5O. The number of halogens is 1. The van der Waals surface area contributed by atoms with Gasteiger partial charge >= 0.3 is 0 Å². The highest BCUT2D eigenvalue weighted by Crippen LogP contribution is 2.22. The third-order valence-corrected chi connectivity index (χ3v) is 5.96. The highest BCUT2D eigenvalue weighted by molar-refractivity contribution is 14.0. The Bertz CT molecular complexity index is 1010. The van der Waals surface area contributed by atoms with Crippen LogP contribution in [0.5, 0.6) is 0 Å². The van der Waals surface area contributed by atoms with Gasteiger partial charge in [0.05, 0.1) is 19.3 Å². The number of rotatable bonds is 7. The summed E-state index contributed by atoms with van der Waals surface area (Å²) in [6.07, 6.45) is 3.05. The highest BCUT2D eigenvalue weighted by Gasteiger charge is 2.23. The monoisotopic (exact) mass is 547 g/mol. The predicted octanol–water partition coefficient (Wildman–Crippen LogP) is 3.88. The first-order chi connectivity index (χ1) is 15.2. The van der Waals surface area contributed by atoms with Crippen molar-refractivity contribution in [1.29, 1.82) is 0 Å². The summed E-state index contributed by atoms with van der Waals surface area (Å²) in [6.45, 7) is 7.27. The van der Waals surface area contributed by atoms with Gasteiger partial charge < -0.3 is 20.4 Å². The average Bonchev–Trinajstić information content (AvgIpc) is 3.22. The van der Waals surface area contributed by atoms with Crippen molar-refractivity contribution in [1.82, 2.24) is 20.5 Å². The lowest BCUT2D eigenvalue weighted by Crippen LogP contribution is -2.46. The molecule has 0 bridgehead atoms. The first-order valence-electron chi connectivity index (χ1n) is 11.1. The van der Waals surface area contributed by atoms with Gasteiger partial charge in [0.25, 0.3) is 0 Å². The zero-order chi connectivity index (χ0) is 21.5. The van der Waals surface area contributed by atoms with Crippen molar-refractivity contribution in [3.05, 3.63) is 71.4 Å². The first-order valence-corrected chi connectivity index (χ1v) is 11.1. The molecule has 0 radical (unpaired) electrons. The number of hydrogen-bond donors (Lipinski definition) is 3. The van der Waals surface area contributed by atoms with E-state index in [1.165, 1.54) is 27.6 Å². The van der Waals surface area contributed by atoms with Gasteiger partial charge in [-0.1, -0.05) is 48.0 Å². The number of ether oxygens (including phenoxy) is 1. The zero-order valence-electron chi connectivity index (χ0n) is 18.9. The van der Waals surface area contributed by atoms with Crippen LogP contribution in [0.2, 0.25) is 0 Å². The maximum Gasteiger partial charge on any atom is 0.191 e. The molecule has 0 spiro atoms. The first kappa shape index (κ1) is 24.5. The van der Waals surface area contributed by atoms with E-state index in [1.807, 2.05) is 7.05 Å². The molecule has 0 amide bonds. The van der Waals surface area contributed by atoms with E-state index in [-0.39, 0.29) is 30.0 Å². The second-order valence-corrected chi connectivity index (χ2v) is 8.07. The number of nitrogens with zero attached hydrogens (tertiary/aromatic N) is 2. The summed E-state index contributed by atoms with van der Waals surface area (Å²) in [6, 6.07) is 17.5. The maximum absolute atomic E-state index is 5.57. The quantitative estimate of drug-likeness (QED) is 0.239. The van der Waals surface area contributed by atoms with Gasteiger partial charge in [0, 0.05) is 50.3 Å². The van der Waals surface area contributed by atoms with Crippen molar-refractivity contribution in [2.75, 3.05) is 46.4 Å². The number of guanidine groups is 1. The minimum Gasteiger partial charge on any atom is -0.379 e. The van der Waals surface area contributed by atoms with Crippen LogP contribution in [0.3, 0.4) is 0 Å². The lowest BCUT2D eigenvalue weighted by molar-refractivity contribution is 0.0170. The molecule has 0 saturated carbocycles. The number of aryl methyl sites for hydroxylation is 1. The van der Waals surface area contributed by atoms with Gasteiger partial charge in [-0.25, -0.2) is 0 Å². The molecule has 1 aliphatic rings. The normalized spacial score (nSPS) is 15.9. The number of fused-ring (bicyclic) bond motifs is 1. The van der Waals surface area contributed by atoms with E-state index in [1.54, 1.807) is 0 Å². The van der Waals surface area contributed by atoms with Gasteiger partial charge in [0.1, 0.15) is 0 Å². The smallest absolute Gasteiger partial charge is 0.191 e. The number of benzene rings is 2. The highest BCUT2D eigenvalue weighted by atomic mass is 127.